The van der Waals surface area contributed by atoms with Gasteiger partial charge in [0.15, 0.2) is 0 Å². The minimum Gasteiger partial charge on any atom is -0.495 e. The lowest BCUT2D eigenvalue weighted by Gasteiger charge is -2.32. The number of carbonyl (C=O) groups excluding carboxylic acids is 1. The standard InChI is InChI=1S/C24H31ClN2O4S/c1-5-21(27(32(4,29)30)22-15-20(25)12-13-23(22)31-3)24(28)26-16(2)18-11-10-17-8-6-7-9-19(17)14-18/h10-16,21H,5-9H2,1-4H3,(H,26,28)/t16-,21+/m0/s1. The largest absolute Gasteiger partial charge is 0.495 e. The van der Waals surface area contributed by atoms with Gasteiger partial charge in [0.25, 0.3) is 0 Å². The van der Waals surface area contributed by atoms with E-state index >= 15 is 0 Å². The normalized spacial score (nSPS) is 15.4. The molecule has 0 spiro atoms. The zero-order valence-electron chi connectivity index (χ0n) is 19.0. The highest BCUT2D eigenvalue weighted by Gasteiger charge is 2.34. The molecule has 1 aliphatic carbocycles. The summed E-state index contributed by atoms with van der Waals surface area (Å²) in [6.45, 7) is 3.70. The number of halogens is 1. The Labute approximate surface area is 196 Å². The summed E-state index contributed by atoms with van der Waals surface area (Å²) >= 11 is 6.14. The van der Waals surface area contributed by atoms with Crippen LogP contribution in [0.4, 0.5) is 5.69 Å². The average molecular weight is 479 g/mol. The molecular formula is C24H31ClN2O4S. The molecule has 1 N–H and O–H groups in total. The van der Waals surface area contributed by atoms with Gasteiger partial charge in [-0.3, -0.25) is 9.10 Å². The van der Waals surface area contributed by atoms with Crippen molar-refractivity contribution in [3.63, 3.8) is 0 Å². The van der Waals surface area contributed by atoms with Crippen LogP contribution in [0, 0.1) is 0 Å². The first kappa shape index (κ1) is 24.4. The summed E-state index contributed by atoms with van der Waals surface area (Å²) in [5.74, 6) is -0.0426. The molecular weight excluding hydrogens is 448 g/mol. The molecule has 32 heavy (non-hydrogen) atoms. The van der Waals surface area contributed by atoms with E-state index < -0.39 is 16.1 Å². The molecule has 0 saturated heterocycles. The number of fused-ring (bicyclic) bond motifs is 1. The number of sulfonamides is 1. The lowest BCUT2D eigenvalue weighted by atomic mass is 9.89. The molecule has 0 unspecified atom stereocenters. The molecule has 0 radical (unpaired) electrons. The predicted molar refractivity (Wildman–Crippen MR) is 129 cm³/mol. The van der Waals surface area contributed by atoms with E-state index in [1.807, 2.05) is 13.0 Å². The topological polar surface area (TPSA) is 75.7 Å². The van der Waals surface area contributed by atoms with E-state index in [0.717, 1.165) is 29.0 Å². The Balaban J connectivity index is 1.89. The fraction of sp³-hybridized carbons (Fsp3) is 0.458. The zero-order valence-corrected chi connectivity index (χ0v) is 20.6. The number of benzene rings is 2. The fourth-order valence-corrected chi connectivity index (χ4v) is 5.66. The van der Waals surface area contributed by atoms with E-state index in [4.69, 9.17) is 16.3 Å². The molecule has 6 nitrogen and oxygen atoms in total. The van der Waals surface area contributed by atoms with Gasteiger partial charge >= 0.3 is 0 Å². The maximum Gasteiger partial charge on any atom is 0.244 e. The van der Waals surface area contributed by atoms with E-state index in [1.165, 1.54) is 37.1 Å². The Morgan fingerprint density at radius 3 is 2.47 bits per heavy atom. The molecule has 0 fully saturated rings. The van der Waals surface area contributed by atoms with Crippen LogP contribution in [0.1, 0.15) is 55.8 Å². The van der Waals surface area contributed by atoms with Crippen molar-refractivity contribution in [3.8, 4) is 5.75 Å². The molecule has 2 atom stereocenters. The summed E-state index contributed by atoms with van der Waals surface area (Å²) in [5.41, 5.74) is 3.97. The second kappa shape index (κ2) is 10.1. The van der Waals surface area contributed by atoms with Gasteiger partial charge in [0.2, 0.25) is 15.9 Å². The predicted octanol–water partition coefficient (Wildman–Crippen LogP) is 4.65. The van der Waals surface area contributed by atoms with Gasteiger partial charge in [-0.25, -0.2) is 8.42 Å². The first-order valence-corrected chi connectivity index (χ1v) is 13.1. The molecule has 1 amide bonds. The maximum absolute atomic E-state index is 13.3. The number of aryl methyl sites for hydroxylation is 2. The third-order valence-electron chi connectivity index (χ3n) is 5.94. The Bertz CT molecular complexity index is 1090. The summed E-state index contributed by atoms with van der Waals surface area (Å²) in [6, 6.07) is 9.86. The first-order chi connectivity index (χ1) is 15.2. The van der Waals surface area contributed by atoms with Crippen LogP contribution in [0.5, 0.6) is 5.75 Å². The number of hydrogen-bond donors (Lipinski definition) is 1. The molecule has 3 rings (SSSR count). The van der Waals surface area contributed by atoms with Crippen LogP contribution in [0.25, 0.3) is 0 Å². The molecule has 0 bridgehead atoms. The number of amides is 1. The summed E-state index contributed by atoms with van der Waals surface area (Å²) < 4.78 is 32.0. The van der Waals surface area contributed by atoms with Crippen LogP contribution in [0.15, 0.2) is 36.4 Å². The molecule has 0 aromatic heterocycles. The van der Waals surface area contributed by atoms with Gasteiger partial charge in [0.1, 0.15) is 11.8 Å². The van der Waals surface area contributed by atoms with Crippen molar-refractivity contribution in [2.24, 2.45) is 0 Å². The highest BCUT2D eigenvalue weighted by molar-refractivity contribution is 7.92. The lowest BCUT2D eigenvalue weighted by Crippen LogP contribution is -2.49. The van der Waals surface area contributed by atoms with Crippen molar-refractivity contribution in [1.82, 2.24) is 5.32 Å². The molecule has 0 aliphatic heterocycles. The number of ether oxygens (including phenoxy) is 1. The number of methoxy groups -OCH3 is 1. The van der Waals surface area contributed by atoms with Crippen LogP contribution < -0.4 is 14.4 Å². The smallest absolute Gasteiger partial charge is 0.244 e. The van der Waals surface area contributed by atoms with Gasteiger partial charge in [0, 0.05) is 5.02 Å². The summed E-state index contributed by atoms with van der Waals surface area (Å²) in [5, 5.41) is 3.36. The maximum atomic E-state index is 13.3. The van der Waals surface area contributed by atoms with Gasteiger partial charge in [-0.15, -0.1) is 0 Å². The van der Waals surface area contributed by atoms with E-state index in [9.17, 15) is 13.2 Å². The average Bonchev–Trinajstić information content (AvgIpc) is 2.75. The minimum absolute atomic E-state index is 0.242. The quantitative estimate of drug-likeness (QED) is 0.599. The number of carbonyl (C=O) groups is 1. The second-order valence-corrected chi connectivity index (χ2v) is 10.6. The van der Waals surface area contributed by atoms with E-state index in [1.54, 1.807) is 19.1 Å². The van der Waals surface area contributed by atoms with Crippen molar-refractivity contribution < 1.29 is 17.9 Å². The Kier molecular flexibility index (Phi) is 7.72. The van der Waals surface area contributed by atoms with Crippen molar-refractivity contribution in [2.45, 2.75) is 58.0 Å². The number of anilines is 1. The van der Waals surface area contributed by atoms with Gasteiger partial charge in [-0.2, -0.15) is 0 Å². The highest BCUT2D eigenvalue weighted by atomic mass is 35.5. The second-order valence-electron chi connectivity index (χ2n) is 8.26. The van der Waals surface area contributed by atoms with E-state index in [-0.39, 0.29) is 24.1 Å². The Hall–Kier alpha value is -2.25. The van der Waals surface area contributed by atoms with Crippen LogP contribution in [-0.4, -0.2) is 33.7 Å². The van der Waals surface area contributed by atoms with Crippen LogP contribution in [-0.2, 0) is 27.7 Å². The molecule has 0 saturated carbocycles. The Morgan fingerprint density at radius 2 is 1.84 bits per heavy atom. The third-order valence-corrected chi connectivity index (χ3v) is 7.34. The summed E-state index contributed by atoms with van der Waals surface area (Å²) in [7, 11) is -2.35. The Morgan fingerprint density at radius 1 is 1.16 bits per heavy atom. The van der Waals surface area contributed by atoms with Gasteiger partial charge in [-0.1, -0.05) is 36.7 Å². The van der Waals surface area contributed by atoms with Crippen LogP contribution >= 0.6 is 11.6 Å². The van der Waals surface area contributed by atoms with E-state index in [2.05, 4.69) is 17.4 Å². The van der Waals surface area contributed by atoms with E-state index in [0.29, 0.717) is 10.8 Å². The molecule has 0 heterocycles. The lowest BCUT2D eigenvalue weighted by molar-refractivity contribution is -0.122. The van der Waals surface area contributed by atoms with Gasteiger partial charge in [-0.05, 0) is 73.9 Å². The van der Waals surface area contributed by atoms with Crippen molar-refractivity contribution in [1.29, 1.82) is 0 Å². The SMILES string of the molecule is CC[C@H](C(=O)N[C@@H](C)c1ccc2c(c1)CCCC2)N(c1cc(Cl)ccc1OC)S(C)(=O)=O. The zero-order chi connectivity index (χ0) is 23.5. The fourth-order valence-electron chi connectivity index (χ4n) is 4.29. The van der Waals surface area contributed by atoms with Crippen molar-refractivity contribution in [3.05, 3.63) is 58.1 Å². The molecule has 2 aromatic rings. The third kappa shape index (κ3) is 5.38. The molecule has 8 heteroatoms. The minimum atomic E-state index is -3.80. The van der Waals surface area contributed by atoms with Crippen molar-refractivity contribution in [2.75, 3.05) is 17.7 Å². The van der Waals surface area contributed by atoms with Gasteiger partial charge < -0.3 is 10.1 Å². The number of nitrogens with one attached hydrogen (secondary N) is 1. The number of rotatable bonds is 8. The first-order valence-electron chi connectivity index (χ1n) is 10.9. The van der Waals surface area contributed by atoms with Crippen molar-refractivity contribution >= 4 is 33.2 Å². The van der Waals surface area contributed by atoms with Crippen LogP contribution in [0.2, 0.25) is 5.02 Å². The highest BCUT2D eigenvalue weighted by Crippen LogP contribution is 2.35. The summed E-state index contributed by atoms with van der Waals surface area (Å²) in [6.07, 6.45) is 5.91. The number of hydrogen-bond acceptors (Lipinski definition) is 4. The molecule has 174 valence electrons. The van der Waals surface area contributed by atoms with Crippen LogP contribution in [0.3, 0.4) is 0 Å². The summed E-state index contributed by atoms with van der Waals surface area (Å²) in [4.78, 5) is 13.3. The monoisotopic (exact) mass is 478 g/mol. The molecule has 1 aliphatic rings. The number of nitrogens with zero attached hydrogens (tertiary/aromatic N) is 1. The van der Waals surface area contributed by atoms with Gasteiger partial charge in [0.05, 0.1) is 25.1 Å². The molecule has 2 aromatic carbocycles.